The third kappa shape index (κ3) is 6.42. The monoisotopic (exact) mass is 293 g/mol. The Morgan fingerprint density at radius 2 is 1.62 bits per heavy atom. The Kier molecular flexibility index (Phi) is 6.19. The van der Waals surface area contributed by atoms with Gasteiger partial charge in [-0.3, -0.25) is 9.59 Å². The molecule has 7 nitrogen and oxygen atoms in total. The van der Waals surface area contributed by atoms with Gasteiger partial charge in [-0.2, -0.15) is 0 Å². The fourth-order valence-electron chi connectivity index (χ4n) is 1.63. The van der Waals surface area contributed by atoms with Gasteiger partial charge in [-0.25, -0.2) is 4.79 Å². The van der Waals surface area contributed by atoms with E-state index < -0.39 is 5.97 Å². The van der Waals surface area contributed by atoms with Crippen LogP contribution < -0.4 is 10.6 Å². The van der Waals surface area contributed by atoms with E-state index in [9.17, 15) is 14.4 Å². The number of rotatable bonds is 6. The number of urea groups is 1. The first-order chi connectivity index (χ1) is 9.88. The largest absolute Gasteiger partial charge is 0.481 e. The summed E-state index contributed by atoms with van der Waals surface area (Å²) < 4.78 is 0. The number of carbonyl (C=O) groups is 3. The number of benzene rings is 1. The van der Waals surface area contributed by atoms with Crippen molar-refractivity contribution in [1.29, 1.82) is 0 Å². The van der Waals surface area contributed by atoms with Gasteiger partial charge in [-0.15, -0.1) is 0 Å². The van der Waals surface area contributed by atoms with Gasteiger partial charge >= 0.3 is 12.0 Å². The first-order valence-corrected chi connectivity index (χ1v) is 6.50. The van der Waals surface area contributed by atoms with Gasteiger partial charge in [0.25, 0.3) is 0 Å². The quantitative estimate of drug-likeness (QED) is 0.746. The number of amides is 3. The van der Waals surface area contributed by atoms with Crippen molar-refractivity contribution in [1.82, 2.24) is 4.90 Å². The lowest BCUT2D eigenvalue weighted by Crippen LogP contribution is -2.32. The summed E-state index contributed by atoms with van der Waals surface area (Å²) in [7, 11) is 1.60. The molecule has 0 aliphatic rings. The summed E-state index contributed by atoms with van der Waals surface area (Å²) in [6.07, 6.45) is 0.434. The van der Waals surface area contributed by atoms with E-state index >= 15 is 0 Å². The van der Waals surface area contributed by atoms with Crippen LogP contribution in [0.1, 0.15) is 19.8 Å². The molecule has 21 heavy (non-hydrogen) atoms. The fraction of sp³-hybridized carbons (Fsp3) is 0.357. The normalized spacial score (nSPS) is 9.81. The molecule has 0 saturated carbocycles. The minimum atomic E-state index is -0.877. The third-order valence-electron chi connectivity index (χ3n) is 2.69. The van der Waals surface area contributed by atoms with Gasteiger partial charge in [0.2, 0.25) is 5.91 Å². The zero-order valence-corrected chi connectivity index (χ0v) is 12.0. The van der Waals surface area contributed by atoms with E-state index in [2.05, 4.69) is 10.6 Å². The molecule has 3 amide bonds. The minimum Gasteiger partial charge on any atom is -0.481 e. The predicted molar refractivity (Wildman–Crippen MR) is 79.3 cm³/mol. The average molecular weight is 293 g/mol. The van der Waals surface area contributed by atoms with Gasteiger partial charge in [0.15, 0.2) is 0 Å². The molecule has 1 aromatic carbocycles. The highest BCUT2D eigenvalue weighted by Gasteiger charge is 2.09. The van der Waals surface area contributed by atoms with Crippen molar-refractivity contribution in [2.75, 3.05) is 24.2 Å². The van der Waals surface area contributed by atoms with Crippen molar-refractivity contribution in [2.45, 2.75) is 19.8 Å². The van der Waals surface area contributed by atoms with Crippen LogP contribution in [0.2, 0.25) is 0 Å². The molecule has 114 valence electrons. The van der Waals surface area contributed by atoms with Crippen LogP contribution in [0.3, 0.4) is 0 Å². The molecular weight excluding hydrogens is 274 g/mol. The Morgan fingerprint density at radius 1 is 1.10 bits per heavy atom. The summed E-state index contributed by atoms with van der Waals surface area (Å²) in [5.41, 5.74) is 1.24. The smallest absolute Gasteiger partial charge is 0.321 e. The number of carboxylic acids is 1. The number of carboxylic acid groups (broad SMARTS) is 1. The Hall–Kier alpha value is -2.57. The van der Waals surface area contributed by atoms with Crippen molar-refractivity contribution >= 4 is 29.3 Å². The van der Waals surface area contributed by atoms with E-state index in [1.54, 1.807) is 31.3 Å². The Morgan fingerprint density at radius 3 is 2.10 bits per heavy atom. The van der Waals surface area contributed by atoms with E-state index in [4.69, 9.17) is 5.11 Å². The van der Waals surface area contributed by atoms with Crippen molar-refractivity contribution < 1.29 is 19.5 Å². The number of anilines is 2. The number of carbonyl (C=O) groups excluding carboxylic acids is 2. The van der Waals surface area contributed by atoms with E-state index in [-0.39, 0.29) is 18.4 Å². The van der Waals surface area contributed by atoms with Crippen LogP contribution in [0.25, 0.3) is 0 Å². The van der Waals surface area contributed by atoms with Gasteiger partial charge in [0.1, 0.15) is 0 Å². The summed E-state index contributed by atoms with van der Waals surface area (Å²) in [4.78, 5) is 34.6. The van der Waals surface area contributed by atoms with Crippen LogP contribution in [0.15, 0.2) is 24.3 Å². The molecule has 0 heterocycles. The van der Waals surface area contributed by atoms with Crippen LogP contribution in [-0.4, -0.2) is 41.5 Å². The number of nitrogens with zero attached hydrogens (tertiary/aromatic N) is 1. The molecule has 0 unspecified atom stereocenters. The van der Waals surface area contributed by atoms with Gasteiger partial charge in [-0.1, -0.05) is 0 Å². The zero-order chi connectivity index (χ0) is 15.8. The predicted octanol–water partition coefficient (Wildman–Crippen LogP) is 1.97. The molecule has 0 aromatic heterocycles. The SMILES string of the molecule is CC(=O)Nc1ccc(NC(=O)N(C)CCCC(=O)O)cc1. The average Bonchev–Trinajstić information content (AvgIpc) is 2.39. The second-order valence-corrected chi connectivity index (χ2v) is 4.61. The first-order valence-electron chi connectivity index (χ1n) is 6.50. The highest BCUT2D eigenvalue weighted by atomic mass is 16.4. The van der Waals surface area contributed by atoms with Gasteiger partial charge < -0.3 is 20.6 Å². The van der Waals surface area contributed by atoms with Crippen molar-refractivity contribution in [3.63, 3.8) is 0 Å². The topological polar surface area (TPSA) is 98.7 Å². The number of hydrogen-bond acceptors (Lipinski definition) is 3. The van der Waals surface area contributed by atoms with Gasteiger partial charge in [0, 0.05) is 38.3 Å². The molecule has 0 spiro atoms. The number of aliphatic carboxylic acids is 1. The lowest BCUT2D eigenvalue weighted by Gasteiger charge is -2.17. The van der Waals surface area contributed by atoms with Gasteiger partial charge in [-0.05, 0) is 30.7 Å². The van der Waals surface area contributed by atoms with E-state index in [0.29, 0.717) is 24.3 Å². The third-order valence-corrected chi connectivity index (χ3v) is 2.69. The molecule has 0 aliphatic carbocycles. The van der Waals surface area contributed by atoms with Crippen LogP contribution in [0.4, 0.5) is 16.2 Å². The van der Waals surface area contributed by atoms with E-state index in [1.807, 2.05) is 0 Å². The van der Waals surface area contributed by atoms with Crippen molar-refractivity contribution in [3.05, 3.63) is 24.3 Å². The lowest BCUT2D eigenvalue weighted by molar-refractivity contribution is -0.137. The second-order valence-electron chi connectivity index (χ2n) is 4.61. The lowest BCUT2D eigenvalue weighted by atomic mass is 10.2. The van der Waals surface area contributed by atoms with Crippen LogP contribution in [-0.2, 0) is 9.59 Å². The highest BCUT2D eigenvalue weighted by Crippen LogP contribution is 2.14. The summed E-state index contributed by atoms with van der Waals surface area (Å²) in [6.45, 7) is 1.78. The van der Waals surface area contributed by atoms with Crippen molar-refractivity contribution in [3.8, 4) is 0 Å². The fourth-order valence-corrected chi connectivity index (χ4v) is 1.63. The van der Waals surface area contributed by atoms with E-state index in [0.717, 1.165) is 0 Å². The second kappa shape index (κ2) is 7.88. The Bertz CT molecular complexity index is 513. The molecule has 0 bridgehead atoms. The zero-order valence-electron chi connectivity index (χ0n) is 12.0. The minimum absolute atomic E-state index is 0.0308. The van der Waals surface area contributed by atoms with Crippen LogP contribution in [0, 0.1) is 0 Å². The van der Waals surface area contributed by atoms with Crippen LogP contribution >= 0.6 is 0 Å². The summed E-state index contributed by atoms with van der Waals surface area (Å²) in [6, 6.07) is 6.40. The summed E-state index contributed by atoms with van der Waals surface area (Å²) >= 11 is 0. The molecule has 0 fully saturated rings. The molecule has 7 heteroatoms. The standard InChI is InChI=1S/C14H19N3O4/c1-10(18)15-11-5-7-12(8-6-11)16-14(21)17(2)9-3-4-13(19)20/h5-8H,3-4,9H2,1-2H3,(H,15,18)(H,16,21)(H,19,20). The summed E-state index contributed by atoms with van der Waals surface area (Å²) in [5, 5.41) is 13.9. The van der Waals surface area contributed by atoms with Crippen LogP contribution in [0.5, 0.6) is 0 Å². The molecule has 1 aromatic rings. The number of hydrogen-bond donors (Lipinski definition) is 3. The molecular formula is C14H19N3O4. The molecule has 0 radical (unpaired) electrons. The highest BCUT2D eigenvalue weighted by molar-refractivity contribution is 5.91. The Balaban J connectivity index is 2.46. The Labute approximate surface area is 122 Å². The molecule has 1 rings (SSSR count). The summed E-state index contributed by atoms with van der Waals surface area (Å²) in [5.74, 6) is -1.04. The van der Waals surface area contributed by atoms with Crippen molar-refractivity contribution in [2.24, 2.45) is 0 Å². The molecule has 0 aliphatic heterocycles. The molecule has 0 saturated heterocycles. The molecule has 0 atom stereocenters. The maximum atomic E-state index is 11.8. The van der Waals surface area contributed by atoms with E-state index in [1.165, 1.54) is 11.8 Å². The maximum Gasteiger partial charge on any atom is 0.321 e. The van der Waals surface area contributed by atoms with Gasteiger partial charge in [0.05, 0.1) is 0 Å². The first kappa shape index (κ1) is 16.5. The number of nitrogens with one attached hydrogen (secondary N) is 2. The maximum absolute atomic E-state index is 11.8. The molecule has 3 N–H and O–H groups in total.